The Balaban J connectivity index is 1.84. The van der Waals surface area contributed by atoms with Gasteiger partial charge in [0.05, 0.1) is 24.2 Å². The first-order valence-corrected chi connectivity index (χ1v) is 8.67. The summed E-state index contributed by atoms with van der Waals surface area (Å²) in [7, 11) is 1.60. The van der Waals surface area contributed by atoms with Crippen molar-refractivity contribution in [3.05, 3.63) is 64.6 Å². The van der Waals surface area contributed by atoms with Crippen LogP contribution in [-0.4, -0.2) is 22.2 Å². The molecule has 136 valence electrons. The van der Waals surface area contributed by atoms with Crippen molar-refractivity contribution in [1.29, 1.82) is 0 Å². The molecule has 1 unspecified atom stereocenters. The molecule has 1 atom stereocenters. The van der Waals surface area contributed by atoms with E-state index in [1.165, 1.54) is 4.57 Å². The van der Waals surface area contributed by atoms with Crippen LogP contribution in [0.4, 0.5) is 0 Å². The molecule has 26 heavy (non-hydrogen) atoms. The number of aryl methyl sites for hydroxylation is 1. The number of para-hydroxylation sites is 3. The van der Waals surface area contributed by atoms with Crippen LogP contribution >= 0.6 is 0 Å². The molecule has 0 fully saturated rings. The van der Waals surface area contributed by atoms with E-state index in [-0.39, 0.29) is 24.2 Å². The van der Waals surface area contributed by atoms with Crippen molar-refractivity contribution in [1.82, 2.24) is 14.5 Å². The average molecular weight is 353 g/mol. The third kappa shape index (κ3) is 3.22. The molecule has 1 amide bonds. The molecule has 1 N–H and O–H groups in total. The minimum absolute atomic E-state index is 0.0220. The maximum atomic E-state index is 12.6. The van der Waals surface area contributed by atoms with Crippen molar-refractivity contribution in [2.24, 2.45) is 0 Å². The lowest BCUT2D eigenvalue weighted by Crippen LogP contribution is -2.34. The van der Waals surface area contributed by atoms with Gasteiger partial charge < -0.3 is 10.1 Å². The van der Waals surface area contributed by atoms with Gasteiger partial charge in [-0.05, 0) is 32.0 Å². The number of carbonyl (C=O) groups is 1. The standard InChI is InChI=1S/C20H23N3O3/c1-4-22-16-10-6-7-11-17(16)23(20(22)25)13-19(24)21-14(2)15-9-5-8-12-18(15)26-3/h5-12,14H,4,13H2,1-3H3,(H,21,24). The molecular formula is C20H23N3O3. The average Bonchev–Trinajstić information content (AvgIpc) is 2.92. The minimum atomic E-state index is -0.228. The summed E-state index contributed by atoms with van der Waals surface area (Å²) in [5, 5.41) is 2.95. The van der Waals surface area contributed by atoms with Crippen LogP contribution in [0.15, 0.2) is 53.3 Å². The van der Waals surface area contributed by atoms with Gasteiger partial charge in [0, 0.05) is 12.1 Å². The van der Waals surface area contributed by atoms with Gasteiger partial charge in [-0.1, -0.05) is 30.3 Å². The van der Waals surface area contributed by atoms with Crippen molar-refractivity contribution >= 4 is 16.9 Å². The molecule has 0 radical (unpaired) electrons. The summed E-state index contributed by atoms with van der Waals surface area (Å²) in [6.07, 6.45) is 0. The number of fused-ring (bicyclic) bond motifs is 1. The van der Waals surface area contributed by atoms with E-state index in [1.54, 1.807) is 11.7 Å². The number of hydrogen-bond acceptors (Lipinski definition) is 3. The van der Waals surface area contributed by atoms with Gasteiger partial charge >= 0.3 is 5.69 Å². The molecule has 0 aliphatic heterocycles. The summed E-state index contributed by atoms with van der Waals surface area (Å²) < 4.78 is 8.54. The summed E-state index contributed by atoms with van der Waals surface area (Å²) in [5.74, 6) is 0.504. The SMILES string of the molecule is CCn1c(=O)n(CC(=O)NC(C)c2ccccc2OC)c2ccccc21. The first-order valence-electron chi connectivity index (χ1n) is 8.67. The number of hydrogen-bond donors (Lipinski definition) is 1. The van der Waals surface area contributed by atoms with Crippen LogP contribution in [0, 0.1) is 0 Å². The van der Waals surface area contributed by atoms with E-state index in [4.69, 9.17) is 4.74 Å². The highest BCUT2D eigenvalue weighted by Gasteiger charge is 2.17. The molecule has 0 bridgehead atoms. The Morgan fingerprint density at radius 3 is 2.35 bits per heavy atom. The highest BCUT2D eigenvalue weighted by molar-refractivity contribution is 5.81. The van der Waals surface area contributed by atoms with Gasteiger partial charge in [0.25, 0.3) is 0 Å². The molecule has 0 aliphatic carbocycles. The smallest absolute Gasteiger partial charge is 0.329 e. The van der Waals surface area contributed by atoms with Gasteiger partial charge in [-0.3, -0.25) is 13.9 Å². The highest BCUT2D eigenvalue weighted by atomic mass is 16.5. The topological polar surface area (TPSA) is 65.3 Å². The van der Waals surface area contributed by atoms with Crippen LogP contribution in [0.3, 0.4) is 0 Å². The third-order valence-corrected chi connectivity index (χ3v) is 4.53. The number of nitrogens with one attached hydrogen (secondary N) is 1. The fourth-order valence-electron chi connectivity index (χ4n) is 3.26. The second-order valence-electron chi connectivity index (χ2n) is 6.13. The van der Waals surface area contributed by atoms with E-state index in [0.29, 0.717) is 6.54 Å². The first kappa shape index (κ1) is 17.8. The molecule has 1 aromatic heterocycles. The van der Waals surface area contributed by atoms with E-state index >= 15 is 0 Å². The maximum Gasteiger partial charge on any atom is 0.329 e. The first-order chi connectivity index (χ1) is 12.6. The van der Waals surface area contributed by atoms with Crippen LogP contribution in [0.1, 0.15) is 25.5 Å². The molecule has 1 heterocycles. The monoisotopic (exact) mass is 353 g/mol. The molecule has 2 aromatic carbocycles. The molecule has 6 heteroatoms. The number of imidazole rings is 1. The summed E-state index contributed by atoms with van der Waals surface area (Å²) in [5.41, 5.74) is 2.32. The van der Waals surface area contributed by atoms with Gasteiger partial charge in [0.2, 0.25) is 5.91 Å². The molecule has 0 spiro atoms. The zero-order valence-corrected chi connectivity index (χ0v) is 15.2. The van der Waals surface area contributed by atoms with Crippen molar-refractivity contribution in [2.75, 3.05) is 7.11 Å². The summed E-state index contributed by atoms with van der Waals surface area (Å²) >= 11 is 0. The Kier molecular flexibility index (Phi) is 5.11. The molecular weight excluding hydrogens is 330 g/mol. The van der Waals surface area contributed by atoms with Gasteiger partial charge in [0.1, 0.15) is 12.3 Å². The fourth-order valence-corrected chi connectivity index (χ4v) is 3.26. The van der Waals surface area contributed by atoms with E-state index in [9.17, 15) is 9.59 Å². The van der Waals surface area contributed by atoms with E-state index in [1.807, 2.05) is 62.4 Å². The number of aromatic nitrogens is 2. The largest absolute Gasteiger partial charge is 0.496 e. The zero-order valence-electron chi connectivity index (χ0n) is 15.2. The lowest BCUT2D eigenvalue weighted by atomic mass is 10.1. The Bertz CT molecular complexity index is 987. The number of nitrogens with zero attached hydrogens (tertiary/aromatic N) is 2. The van der Waals surface area contributed by atoms with Crippen LogP contribution in [0.25, 0.3) is 11.0 Å². The van der Waals surface area contributed by atoms with Crippen molar-refractivity contribution in [3.63, 3.8) is 0 Å². The van der Waals surface area contributed by atoms with E-state index in [0.717, 1.165) is 22.3 Å². The molecule has 6 nitrogen and oxygen atoms in total. The van der Waals surface area contributed by atoms with Crippen molar-refractivity contribution in [2.45, 2.75) is 33.0 Å². The predicted octanol–water partition coefficient (Wildman–Crippen LogP) is 2.71. The number of methoxy groups -OCH3 is 1. The normalized spacial score (nSPS) is 12.1. The van der Waals surface area contributed by atoms with Crippen LogP contribution in [0.2, 0.25) is 0 Å². The van der Waals surface area contributed by atoms with Crippen LogP contribution < -0.4 is 15.7 Å². The quantitative estimate of drug-likeness (QED) is 0.741. The number of carbonyl (C=O) groups excluding carboxylic acids is 1. The van der Waals surface area contributed by atoms with Gasteiger partial charge in [-0.25, -0.2) is 4.79 Å². The summed E-state index contributed by atoms with van der Waals surface area (Å²) in [6.45, 7) is 4.35. The Morgan fingerprint density at radius 1 is 1.08 bits per heavy atom. The molecule has 3 aromatic rings. The van der Waals surface area contributed by atoms with Crippen LogP contribution in [-0.2, 0) is 17.9 Å². The lowest BCUT2D eigenvalue weighted by Gasteiger charge is -2.17. The van der Waals surface area contributed by atoms with Crippen molar-refractivity contribution < 1.29 is 9.53 Å². The number of rotatable bonds is 6. The minimum Gasteiger partial charge on any atom is -0.496 e. The molecule has 3 rings (SSSR count). The Labute approximate surface area is 152 Å². The number of amides is 1. The highest BCUT2D eigenvalue weighted by Crippen LogP contribution is 2.24. The third-order valence-electron chi connectivity index (χ3n) is 4.53. The predicted molar refractivity (Wildman–Crippen MR) is 101 cm³/mol. The van der Waals surface area contributed by atoms with Gasteiger partial charge in [0.15, 0.2) is 0 Å². The van der Waals surface area contributed by atoms with Crippen LogP contribution in [0.5, 0.6) is 5.75 Å². The summed E-state index contributed by atoms with van der Waals surface area (Å²) in [4.78, 5) is 25.2. The molecule has 0 saturated carbocycles. The van der Waals surface area contributed by atoms with E-state index < -0.39 is 0 Å². The van der Waals surface area contributed by atoms with Crippen molar-refractivity contribution in [3.8, 4) is 5.75 Å². The second kappa shape index (κ2) is 7.47. The van der Waals surface area contributed by atoms with E-state index in [2.05, 4.69) is 5.32 Å². The number of benzene rings is 2. The Hall–Kier alpha value is -3.02. The van der Waals surface area contributed by atoms with Gasteiger partial charge in [-0.2, -0.15) is 0 Å². The molecule has 0 saturated heterocycles. The zero-order chi connectivity index (χ0) is 18.7. The molecule has 0 aliphatic rings. The summed E-state index contributed by atoms with van der Waals surface area (Å²) in [6, 6.07) is 14.8. The van der Waals surface area contributed by atoms with Gasteiger partial charge in [-0.15, -0.1) is 0 Å². The number of ether oxygens (including phenoxy) is 1. The second-order valence-corrected chi connectivity index (χ2v) is 6.13. The Morgan fingerprint density at radius 2 is 1.69 bits per heavy atom. The fraction of sp³-hybridized carbons (Fsp3) is 0.300. The maximum absolute atomic E-state index is 12.6. The lowest BCUT2D eigenvalue weighted by molar-refractivity contribution is -0.122.